The van der Waals surface area contributed by atoms with E-state index in [1.807, 2.05) is 10.8 Å². The number of nitrogens with zero attached hydrogens (tertiary/aromatic N) is 2. The molecule has 1 atom stereocenters. The summed E-state index contributed by atoms with van der Waals surface area (Å²) in [5, 5.41) is 0. The van der Waals surface area contributed by atoms with Crippen molar-refractivity contribution in [2.45, 2.75) is 19.0 Å². The Morgan fingerprint density at radius 2 is 2.43 bits per heavy atom. The maximum absolute atomic E-state index is 11.2. The fraction of sp³-hybridized carbons (Fsp3) is 0.625. The average molecular weight is 215 g/mol. The van der Waals surface area contributed by atoms with Crippen molar-refractivity contribution in [3.8, 4) is 0 Å². The predicted molar refractivity (Wildman–Crippen MR) is 52.4 cm³/mol. The second-order valence-electron chi connectivity index (χ2n) is 3.57. The van der Waals surface area contributed by atoms with Gasteiger partial charge in [0.05, 0.1) is 23.5 Å². The van der Waals surface area contributed by atoms with E-state index in [0.29, 0.717) is 13.0 Å². The summed E-state index contributed by atoms with van der Waals surface area (Å²) in [6, 6.07) is 0.0489. The molecule has 5 nitrogen and oxygen atoms in total. The third kappa shape index (κ3) is 1.80. The van der Waals surface area contributed by atoms with Crippen LogP contribution in [-0.4, -0.2) is 29.5 Å². The zero-order valence-electron chi connectivity index (χ0n) is 7.76. The number of nitrogens with two attached hydrogens (primary N) is 1. The van der Waals surface area contributed by atoms with Gasteiger partial charge in [-0.2, -0.15) is 0 Å². The molecule has 1 aromatic rings. The second kappa shape index (κ2) is 3.36. The smallest absolute Gasteiger partial charge is 0.152 e. The van der Waals surface area contributed by atoms with Gasteiger partial charge in [0, 0.05) is 18.8 Å². The molecular formula is C8H13N3O2S. The maximum Gasteiger partial charge on any atom is 0.152 e. The van der Waals surface area contributed by atoms with E-state index >= 15 is 0 Å². The molecule has 0 aromatic carbocycles. The fourth-order valence-corrected chi connectivity index (χ4v) is 3.42. The van der Waals surface area contributed by atoms with Crippen molar-refractivity contribution in [1.29, 1.82) is 0 Å². The lowest BCUT2D eigenvalue weighted by Gasteiger charge is -2.07. The first-order valence-corrected chi connectivity index (χ1v) is 6.36. The van der Waals surface area contributed by atoms with Crippen LogP contribution in [0.5, 0.6) is 0 Å². The van der Waals surface area contributed by atoms with Crippen molar-refractivity contribution in [2.24, 2.45) is 5.73 Å². The van der Waals surface area contributed by atoms with Gasteiger partial charge in [0.15, 0.2) is 9.84 Å². The van der Waals surface area contributed by atoms with Crippen molar-refractivity contribution in [3.05, 3.63) is 18.2 Å². The molecule has 1 fully saturated rings. The van der Waals surface area contributed by atoms with Gasteiger partial charge in [0.2, 0.25) is 0 Å². The van der Waals surface area contributed by atoms with Gasteiger partial charge in [-0.15, -0.1) is 0 Å². The summed E-state index contributed by atoms with van der Waals surface area (Å²) in [7, 11) is -2.82. The molecule has 14 heavy (non-hydrogen) atoms. The molecule has 6 heteroatoms. The Morgan fingerprint density at radius 1 is 1.64 bits per heavy atom. The zero-order valence-corrected chi connectivity index (χ0v) is 8.57. The standard InChI is InChI=1S/C8H13N3O2S/c9-3-7-4-11(6-10-7)8-1-2-14(12,13)5-8/h4,6,8H,1-3,5,9H2. The molecule has 1 unspecified atom stereocenters. The SMILES string of the molecule is NCc1cn(C2CCS(=O)(=O)C2)cn1. The van der Waals surface area contributed by atoms with E-state index in [4.69, 9.17) is 5.73 Å². The molecule has 0 amide bonds. The number of hydrogen-bond donors (Lipinski definition) is 1. The number of rotatable bonds is 2. The predicted octanol–water partition coefficient (Wildman–Crippen LogP) is -0.299. The Hall–Kier alpha value is -0.880. The van der Waals surface area contributed by atoms with Crippen LogP contribution in [0.15, 0.2) is 12.5 Å². The normalized spacial score (nSPS) is 25.4. The van der Waals surface area contributed by atoms with Gasteiger partial charge in [0.1, 0.15) is 0 Å². The lowest BCUT2D eigenvalue weighted by Crippen LogP contribution is -2.09. The average Bonchev–Trinajstić information content (AvgIpc) is 2.70. The molecule has 1 saturated heterocycles. The number of hydrogen-bond acceptors (Lipinski definition) is 4. The summed E-state index contributed by atoms with van der Waals surface area (Å²) in [4.78, 5) is 4.07. The van der Waals surface area contributed by atoms with Crippen LogP contribution >= 0.6 is 0 Å². The monoisotopic (exact) mass is 215 g/mol. The van der Waals surface area contributed by atoms with Gasteiger partial charge in [0.25, 0.3) is 0 Å². The van der Waals surface area contributed by atoms with E-state index in [2.05, 4.69) is 4.98 Å². The molecule has 2 rings (SSSR count). The van der Waals surface area contributed by atoms with Crippen LogP contribution in [0.1, 0.15) is 18.2 Å². The number of aromatic nitrogens is 2. The van der Waals surface area contributed by atoms with Crippen LogP contribution in [0, 0.1) is 0 Å². The molecule has 0 bridgehead atoms. The summed E-state index contributed by atoms with van der Waals surface area (Å²) < 4.78 is 24.3. The van der Waals surface area contributed by atoms with E-state index in [0.717, 1.165) is 5.69 Å². The van der Waals surface area contributed by atoms with E-state index in [-0.39, 0.29) is 17.5 Å². The summed E-state index contributed by atoms with van der Waals surface area (Å²) in [5.74, 6) is 0.515. The first-order chi connectivity index (χ1) is 6.61. The minimum Gasteiger partial charge on any atom is -0.333 e. The Bertz CT molecular complexity index is 424. The first-order valence-electron chi connectivity index (χ1n) is 4.53. The number of sulfone groups is 1. The molecule has 1 aliphatic heterocycles. The summed E-state index contributed by atoms with van der Waals surface area (Å²) in [6.45, 7) is 0.395. The van der Waals surface area contributed by atoms with Crippen molar-refractivity contribution >= 4 is 9.84 Å². The van der Waals surface area contributed by atoms with Gasteiger partial charge >= 0.3 is 0 Å². The van der Waals surface area contributed by atoms with Crippen LogP contribution in [0.4, 0.5) is 0 Å². The highest BCUT2D eigenvalue weighted by Gasteiger charge is 2.28. The first kappa shape index (κ1) is 9.67. The van der Waals surface area contributed by atoms with Crippen molar-refractivity contribution in [2.75, 3.05) is 11.5 Å². The van der Waals surface area contributed by atoms with Crippen molar-refractivity contribution in [3.63, 3.8) is 0 Å². The largest absolute Gasteiger partial charge is 0.333 e. The quantitative estimate of drug-likeness (QED) is 0.734. The van der Waals surface area contributed by atoms with Gasteiger partial charge in [-0.05, 0) is 6.42 Å². The van der Waals surface area contributed by atoms with Crippen LogP contribution < -0.4 is 5.73 Å². The highest BCUT2D eigenvalue weighted by Crippen LogP contribution is 2.23. The highest BCUT2D eigenvalue weighted by molar-refractivity contribution is 7.91. The molecule has 0 aliphatic carbocycles. The van der Waals surface area contributed by atoms with E-state index in [1.165, 1.54) is 0 Å². The van der Waals surface area contributed by atoms with Gasteiger partial charge in [-0.3, -0.25) is 0 Å². The van der Waals surface area contributed by atoms with Gasteiger partial charge < -0.3 is 10.3 Å². The lowest BCUT2D eigenvalue weighted by atomic mass is 10.2. The fourth-order valence-electron chi connectivity index (χ4n) is 1.70. The topological polar surface area (TPSA) is 78.0 Å². The molecule has 0 saturated carbocycles. The van der Waals surface area contributed by atoms with Crippen LogP contribution in [-0.2, 0) is 16.4 Å². The summed E-state index contributed by atoms with van der Waals surface area (Å²) >= 11 is 0. The molecule has 78 valence electrons. The maximum atomic E-state index is 11.2. The Labute approximate surface area is 82.9 Å². The zero-order chi connectivity index (χ0) is 10.2. The third-order valence-corrected chi connectivity index (χ3v) is 4.24. The van der Waals surface area contributed by atoms with Crippen molar-refractivity contribution < 1.29 is 8.42 Å². The summed E-state index contributed by atoms with van der Waals surface area (Å²) in [6.07, 6.45) is 4.17. The van der Waals surface area contributed by atoms with Gasteiger partial charge in [-0.1, -0.05) is 0 Å². The highest BCUT2D eigenvalue weighted by atomic mass is 32.2. The minimum absolute atomic E-state index is 0.0489. The van der Waals surface area contributed by atoms with Crippen molar-refractivity contribution in [1.82, 2.24) is 9.55 Å². The minimum atomic E-state index is -2.82. The Kier molecular flexibility index (Phi) is 2.32. The molecule has 0 spiro atoms. The third-order valence-electron chi connectivity index (χ3n) is 2.49. The molecule has 1 aliphatic rings. The lowest BCUT2D eigenvalue weighted by molar-refractivity contribution is 0.554. The Balaban J connectivity index is 2.17. The van der Waals surface area contributed by atoms with Crippen LogP contribution in [0.3, 0.4) is 0 Å². The summed E-state index contributed by atoms with van der Waals surface area (Å²) in [5.41, 5.74) is 6.22. The Morgan fingerprint density at radius 3 is 2.93 bits per heavy atom. The molecule has 0 radical (unpaired) electrons. The second-order valence-corrected chi connectivity index (χ2v) is 5.80. The molecule has 1 aromatic heterocycles. The van der Waals surface area contributed by atoms with Crippen LogP contribution in [0.2, 0.25) is 0 Å². The van der Waals surface area contributed by atoms with E-state index < -0.39 is 9.84 Å². The van der Waals surface area contributed by atoms with E-state index in [1.54, 1.807) is 6.33 Å². The molecule has 2 heterocycles. The molecular weight excluding hydrogens is 202 g/mol. The van der Waals surface area contributed by atoms with Crippen LogP contribution in [0.25, 0.3) is 0 Å². The number of imidazole rings is 1. The van der Waals surface area contributed by atoms with Gasteiger partial charge in [-0.25, -0.2) is 13.4 Å². The van der Waals surface area contributed by atoms with E-state index in [9.17, 15) is 8.42 Å². The molecule has 2 N–H and O–H groups in total.